The molecule has 0 saturated carbocycles. The van der Waals surface area contributed by atoms with Gasteiger partial charge in [-0.1, -0.05) is 6.58 Å². The molecule has 0 spiro atoms. The minimum absolute atomic E-state index is 0.700. The van der Waals surface area contributed by atoms with E-state index in [0.29, 0.717) is 0 Å². The third kappa shape index (κ3) is 4.98. The number of rotatable bonds is 3. The molecule has 0 fully saturated rings. The normalized spacial score (nSPS) is 9.00. The van der Waals surface area contributed by atoms with Crippen molar-refractivity contribution in [2.75, 3.05) is 0 Å². The van der Waals surface area contributed by atoms with Gasteiger partial charge in [0.05, 0.1) is 0 Å². The van der Waals surface area contributed by atoms with Crippen LogP contribution in [0.5, 0.6) is 0 Å². The van der Waals surface area contributed by atoms with Crippen LogP contribution in [0.4, 0.5) is 0 Å². The Morgan fingerprint density at radius 3 is 2.56 bits per heavy atom. The molecule has 0 unspecified atom stereocenters. The summed E-state index contributed by atoms with van der Waals surface area (Å²) in [7, 11) is -3.02. The van der Waals surface area contributed by atoms with Gasteiger partial charge < -0.3 is 0 Å². The zero-order valence-corrected chi connectivity index (χ0v) is 5.26. The maximum Gasteiger partial charge on any atom is 0.277 e. The number of hydrogen-bond acceptors (Lipinski definition) is 4. The van der Waals surface area contributed by atoms with Crippen molar-refractivity contribution in [1.82, 2.24) is 5.48 Å². The highest BCUT2D eigenvalue weighted by molar-refractivity contribution is 7.67. The van der Waals surface area contributed by atoms with E-state index < -0.39 is 16.9 Å². The average molecular weight is 151 g/mol. The Morgan fingerprint density at radius 2 is 2.22 bits per heavy atom. The first-order valence-electron chi connectivity index (χ1n) is 1.90. The Labute approximate surface area is 53.4 Å². The van der Waals surface area contributed by atoms with E-state index >= 15 is 0 Å². The van der Waals surface area contributed by atoms with Gasteiger partial charge in [0.1, 0.15) is 0 Å². The second-order valence-electron chi connectivity index (χ2n) is 0.985. The molecule has 6 heteroatoms. The maximum atomic E-state index is 10.1. The molecule has 0 saturated heterocycles. The first-order valence-corrected chi connectivity index (χ1v) is 3.00. The molecule has 5 nitrogen and oxygen atoms in total. The third-order valence-electron chi connectivity index (χ3n) is 0.406. The van der Waals surface area contributed by atoms with Crippen molar-refractivity contribution >= 4 is 16.9 Å². The van der Waals surface area contributed by atoms with E-state index in [1.807, 2.05) is 0 Å². The van der Waals surface area contributed by atoms with Crippen molar-refractivity contribution in [2.24, 2.45) is 0 Å². The Morgan fingerprint density at radius 1 is 1.67 bits per heavy atom. The fourth-order valence-corrected chi connectivity index (χ4v) is 0.288. The van der Waals surface area contributed by atoms with Gasteiger partial charge in [-0.2, -0.15) is 4.28 Å². The molecule has 0 aromatic carbocycles. The first-order chi connectivity index (χ1) is 4.16. The molecule has 0 aliphatic rings. The molecule has 1 N–H and O–H groups in total. The predicted molar refractivity (Wildman–Crippen MR) is 29.7 cm³/mol. The second-order valence-corrected chi connectivity index (χ2v) is 1.62. The number of hydroxylamine groups is 1. The zero-order valence-electron chi connectivity index (χ0n) is 4.36. The van der Waals surface area contributed by atoms with Gasteiger partial charge in [-0.15, -0.1) is 0 Å². The smallest absolute Gasteiger partial charge is 0.268 e. The lowest BCUT2D eigenvalue weighted by Gasteiger charge is -1.90. The summed E-state index contributed by atoms with van der Waals surface area (Å²) in [5.74, 6) is -0.700. The minimum atomic E-state index is -3.02. The molecule has 52 valence electrons. The van der Waals surface area contributed by atoms with E-state index in [1.165, 1.54) is 0 Å². The van der Waals surface area contributed by atoms with E-state index in [2.05, 4.69) is 10.9 Å². The maximum absolute atomic E-state index is 10.1. The fraction of sp³-hybridized carbons (Fsp3) is 0. The fourth-order valence-electron chi connectivity index (χ4n) is 0.124. The number of thiol groups is 1. The van der Waals surface area contributed by atoms with Crippen molar-refractivity contribution < 1.29 is 17.5 Å². The highest BCUT2D eigenvalue weighted by atomic mass is 32.2. The van der Waals surface area contributed by atoms with Gasteiger partial charge in [0, 0.05) is 0 Å². The van der Waals surface area contributed by atoms with E-state index in [4.69, 9.17) is 0 Å². The zero-order chi connectivity index (χ0) is 7.28. The topological polar surface area (TPSA) is 72.5 Å². The molecule has 9 heavy (non-hydrogen) atoms. The van der Waals surface area contributed by atoms with E-state index in [1.54, 1.807) is 5.48 Å². The molecule has 0 heterocycles. The van der Waals surface area contributed by atoms with Gasteiger partial charge in [-0.3, -0.25) is 4.79 Å². The van der Waals surface area contributed by atoms with Crippen LogP contribution in [0.3, 0.4) is 0 Å². The summed E-state index contributed by atoms with van der Waals surface area (Å²) in [5.41, 5.74) is 1.58. The number of amides is 1. The van der Waals surface area contributed by atoms with Crippen LogP contribution in [-0.4, -0.2) is 14.3 Å². The van der Waals surface area contributed by atoms with E-state index in [-0.39, 0.29) is 0 Å². The summed E-state index contributed by atoms with van der Waals surface area (Å²) < 4.78 is 22.8. The molecular weight excluding hydrogens is 146 g/mol. The molecule has 0 aromatic rings. The van der Waals surface area contributed by atoms with E-state index in [9.17, 15) is 13.2 Å². The van der Waals surface area contributed by atoms with Crippen molar-refractivity contribution in [2.45, 2.75) is 0 Å². The molecular formula is C3H5NO4S. The Bertz CT molecular complexity index is 176. The lowest BCUT2D eigenvalue weighted by Crippen LogP contribution is -2.19. The Hall–Kier alpha value is -0.880. The van der Waals surface area contributed by atoms with Crippen LogP contribution in [0, 0.1) is 0 Å². The first kappa shape index (κ1) is 8.12. The highest BCUT2D eigenvalue weighted by Crippen LogP contribution is 1.67. The molecule has 0 rings (SSSR count). The monoisotopic (exact) mass is 151 g/mol. The Kier molecular flexibility index (Phi) is 3.65. The highest BCUT2D eigenvalue weighted by Gasteiger charge is 1.90. The molecule has 0 aliphatic heterocycles. The standard InChI is InChI=1S/C3H5NO4S/c1-2-3(5)4-8-9(6)7/h2,9H,1H2,(H,4,5). The number of carbonyl (C=O) groups excluding carboxylic acids is 1. The quantitative estimate of drug-likeness (QED) is 0.300. The molecule has 0 radical (unpaired) electrons. The SMILES string of the molecule is C=CC(=O)NO[SH](=O)=O. The molecule has 0 atom stereocenters. The van der Waals surface area contributed by atoms with Crippen molar-refractivity contribution in [3.63, 3.8) is 0 Å². The number of carbonyl (C=O) groups is 1. The number of hydrogen-bond donors (Lipinski definition) is 2. The lowest BCUT2D eigenvalue weighted by molar-refractivity contribution is -0.122. The van der Waals surface area contributed by atoms with Crippen LogP contribution in [0.1, 0.15) is 0 Å². The molecule has 0 bridgehead atoms. The summed E-state index contributed by atoms with van der Waals surface area (Å²) >= 11 is 0. The summed E-state index contributed by atoms with van der Waals surface area (Å²) in [5, 5.41) is 0. The van der Waals surface area contributed by atoms with Gasteiger partial charge in [-0.05, 0) is 6.08 Å². The summed E-state index contributed by atoms with van der Waals surface area (Å²) in [6.45, 7) is 3.05. The van der Waals surface area contributed by atoms with Gasteiger partial charge >= 0.3 is 0 Å². The van der Waals surface area contributed by atoms with Crippen molar-refractivity contribution in [3.8, 4) is 0 Å². The van der Waals surface area contributed by atoms with Crippen LogP contribution in [-0.2, 0) is 20.1 Å². The van der Waals surface area contributed by atoms with E-state index in [0.717, 1.165) is 6.08 Å². The summed E-state index contributed by atoms with van der Waals surface area (Å²) in [4.78, 5) is 10.1. The summed E-state index contributed by atoms with van der Waals surface area (Å²) in [6.07, 6.45) is 0.888. The van der Waals surface area contributed by atoms with Gasteiger partial charge in [0.2, 0.25) is 0 Å². The van der Waals surface area contributed by atoms with Crippen LogP contribution >= 0.6 is 0 Å². The van der Waals surface area contributed by atoms with Gasteiger partial charge in [0.25, 0.3) is 16.9 Å². The van der Waals surface area contributed by atoms with Crippen LogP contribution in [0.15, 0.2) is 12.7 Å². The Balaban J connectivity index is 3.51. The van der Waals surface area contributed by atoms with Crippen LogP contribution < -0.4 is 5.48 Å². The van der Waals surface area contributed by atoms with Crippen molar-refractivity contribution in [3.05, 3.63) is 12.7 Å². The molecule has 0 aromatic heterocycles. The molecule has 1 amide bonds. The van der Waals surface area contributed by atoms with Crippen LogP contribution in [0.25, 0.3) is 0 Å². The average Bonchev–Trinajstić information content (AvgIpc) is 1.83. The lowest BCUT2D eigenvalue weighted by atomic mass is 10.6. The molecule has 0 aliphatic carbocycles. The number of nitrogens with one attached hydrogen (secondary N) is 1. The largest absolute Gasteiger partial charge is 0.277 e. The second kappa shape index (κ2) is 4.04. The van der Waals surface area contributed by atoms with Gasteiger partial charge in [-0.25, -0.2) is 13.9 Å². The third-order valence-corrected chi connectivity index (χ3v) is 0.647. The van der Waals surface area contributed by atoms with Gasteiger partial charge in [0.15, 0.2) is 0 Å². The predicted octanol–water partition coefficient (Wildman–Crippen LogP) is -1.25. The minimum Gasteiger partial charge on any atom is -0.268 e. The van der Waals surface area contributed by atoms with Crippen molar-refractivity contribution in [1.29, 1.82) is 0 Å². The summed E-state index contributed by atoms with van der Waals surface area (Å²) in [6, 6.07) is 0. The van der Waals surface area contributed by atoms with Crippen LogP contribution in [0.2, 0.25) is 0 Å².